The van der Waals surface area contributed by atoms with Crippen LogP contribution in [0.4, 0.5) is 18.0 Å². The minimum Gasteiger partial charge on any atom is -0.339 e. The van der Waals surface area contributed by atoms with Gasteiger partial charge in [0, 0.05) is 69.1 Å². The molecule has 1 aromatic carbocycles. The van der Waals surface area contributed by atoms with Gasteiger partial charge in [0.15, 0.2) is 5.82 Å². The molecule has 0 radical (unpaired) electrons. The number of aromatic nitrogens is 2. The van der Waals surface area contributed by atoms with Gasteiger partial charge in [0.1, 0.15) is 12.2 Å². The molecular formula is C32H45F3N6O2. The van der Waals surface area contributed by atoms with E-state index in [0.717, 1.165) is 13.1 Å². The Morgan fingerprint density at radius 1 is 1.07 bits per heavy atom. The first-order valence-electron chi connectivity index (χ1n) is 16.0. The topological polar surface area (TPSA) is 77.7 Å². The van der Waals surface area contributed by atoms with Gasteiger partial charge in [-0.25, -0.2) is 18.0 Å². The molecule has 2 aliphatic carbocycles. The summed E-state index contributed by atoms with van der Waals surface area (Å²) in [6.45, 7) is 10.2. The minimum absolute atomic E-state index is 0.194. The van der Waals surface area contributed by atoms with Crippen molar-refractivity contribution in [3.63, 3.8) is 0 Å². The van der Waals surface area contributed by atoms with Crippen LogP contribution < -0.4 is 5.32 Å². The predicted octanol–water partition coefficient (Wildman–Crippen LogP) is 5.32. The summed E-state index contributed by atoms with van der Waals surface area (Å²) < 4.78 is 50.1. The number of benzene rings is 1. The summed E-state index contributed by atoms with van der Waals surface area (Å²) in [5.41, 5.74) is 0.798. The Bertz CT molecular complexity index is 1250. The van der Waals surface area contributed by atoms with Gasteiger partial charge in [-0.3, -0.25) is 9.80 Å². The molecule has 0 spiro atoms. The maximum absolute atomic E-state index is 15.6. The van der Waals surface area contributed by atoms with E-state index in [4.69, 9.17) is 4.52 Å². The molecule has 11 heteroatoms. The number of carbonyl (C=O) groups is 1. The van der Waals surface area contributed by atoms with Crippen LogP contribution in [0.25, 0.3) is 0 Å². The predicted molar refractivity (Wildman–Crippen MR) is 157 cm³/mol. The second-order valence-corrected chi connectivity index (χ2v) is 13.7. The van der Waals surface area contributed by atoms with Gasteiger partial charge in [-0.1, -0.05) is 42.4 Å². The zero-order chi connectivity index (χ0) is 30.4. The van der Waals surface area contributed by atoms with Crippen LogP contribution in [0.3, 0.4) is 0 Å². The van der Waals surface area contributed by atoms with E-state index in [1.54, 1.807) is 4.90 Å². The van der Waals surface area contributed by atoms with E-state index >= 15 is 8.78 Å². The number of nitrogens with one attached hydrogen (secondary N) is 1. The Balaban J connectivity index is 1.14. The number of hydrogen-bond acceptors (Lipinski definition) is 6. The molecule has 1 unspecified atom stereocenters. The number of amides is 2. The highest BCUT2D eigenvalue weighted by molar-refractivity contribution is 5.75. The number of urea groups is 1. The quantitative estimate of drug-likeness (QED) is 0.482. The van der Waals surface area contributed by atoms with E-state index in [9.17, 15) is 9.18 Å². The lowest BCUT2D eigenvalue weighted by molar-refractivity contribution is -0.0920. The highest BCUT2D eigenvalue weighted by Crippen LogP contribution is 2.44. The van der Waals surface area contributed by atoms with Gasteiger partial charge in [-0.2, -0.15) is 4.98 Å². The number of nitrogens with zero attached hydrogens (tertiary/aromatic N) is 5. The van der Waals surface area contributed by atoms with E-state index < -0.39 is 35.6 Å². The van der Waals surface area contributed by atoms with Crippen LogP contribution in [0.15, 0.2) is 34.9 Å². The zero-order valence-electron chi connectivity index (χ0n) is 25.5. The highest BCUT2D eigenvalue weighted by Gasteiger charge is 2.51. The van der Waals surface area contributed by atoms with Crippen molar-refractivity contribution in [3.05, 3.63) is 47.6 Å². The summed E-state index contributed by atoms with van der Waals surface area (Å²) in [7, 11) is 0. The van der Waals surface area contributed by atoms with Crippen molar-refractivity contribution in [1.82, 2.24) is 30.2 Å². The smallest absolute Gasteiger partial charge is 0.317 e. The van der Waals surface area contributed by atoms with Crippen LogP contribution >= 0.6 is 0 Å². The van der Waals surface area contributed by atoms with Gasteiger partial charge in [-0.05, 0) is 51.5 Å². The molecule has 1 aromatic heterocycles. The van der Waals surface area contributed by atoms with Crippen molar-refractivity contribution in [2.24, 2.45) is 0 Å². The second kappa shape index (κ2) is 12.0. The van der Waals surface area contributed by atoms with Crippen LogP contribution in [-0.4, -0.2) is 100 Å². The largest absolute Gasteiger partial charge is 0.339 e. The molecule has 8 nitrogen and oxygen atoms in total. The summed E-state index contributed by atoms with van der Waals surface area (Å²) in [5, 5.41) is 6.95. The Hall–Kier alpha value is -2.66. The number of piperidine rings is 1. The molecule has 2 saturated carbocycles. The lowest BCUT2D eigenvalue weighted by Gasteiger charge is -2.45. The molecule has 43 heavy (non-hydrogen) atoms. The van der Waals surface area contributed by atoms with Gasteiger partial charge in [0.2, 0.25) is 5.89 Å². The molecule has 2 saturated heterocycles. The van der Waals surface area contributed by atoms with Crippen LogP contribution in [0.1, 0.15) is 88.4 Å². The summed E-state index contributed by atoms with van der Waals surface area (Å²) in [6, 6.07) is 8.55. The average Bonchev–Trinajstić information content (AvgIpc) is 3.58. The molecular weight excluding hydrogens is 557 g/mol. The van der Waals surface area contributed by atoms with Crippen molar-refractivity contribution < 1.29 is 22.5 Å². The number of rotatable bonds is 6. The normalized spacial score (nSPS) is 31.5. The van der Waals surface area contributed by atoms with E-state index in [1.807, 2.05) is 25.1 Å². The standard InChI is InChI=1S/C32H45F3N6O2/c1-21(2)40-16-17-41(20-23(19-40)22-8-5-4-6-9-22)26-10-7-11-32(34,35)27(26)36-30(42)39-14-12-31(3,13-15-39)29-37-28(43-38-29)24-18-25(24)33/h4-6,8-9,21,23-27H,7,10-20H2,1-3H3,(H,36,42)/t23?,24-,25+,26+,27-/m1/s1. The van der Waals surface area contributed by atoms with E-state index in [1.165, 1.54) is 5.56 Å². The molecule has 4 fully saturated rings. The Morgan fingerprint density at radius 2 is 1.79 bits per heavy atom. The van der Waals surface area contributed by atoms with Crippen molar-refractivity contribution in [2.45, 2.75) is 107 Å². The van der Waals surface area contributed by atoms with Gasteiger partial charge in [0.25, 0.3) is 5.92 Å². The summed E-state index contributed by atoms with van der Waals surface area (Å²) >= 11 is 0. The van der Waals surface area contributed by atoms with Gasteiger partial charge >= 0.3 is 6.03 Å². The Morgan fingerprint density at radius 3 is 2.47 bits per heavy atom. The number of carbonyl (C=O) groups excluding carboxylic acids is 1. The first-order chi connectivity index (χ1) is 20.5. The summed E-state index contributed by atoms with van der Waals surface area (Å²) in [5.74, 6) is -2.23. The molecule has 2 aromatic rings. The molecule has 0 bridgehead atoms. The molecule has 236 valence electrons. The van der Waals surface area contributed by atoms with E-state index in [-0.39, 0.29) is 18.3 Å². The lowest BCUT2D eigenvalue weighted by Crippen LogP contribution is -2.64. The van der Waals surface area contributed by atoms with Crippen LogP contribution in [-0.2, 0) is 5.41 Å². The second-order valence-electron chi connectivity index (χ2n) is 13.7. The first-order valence-corrected chi connectivity index (χ1v) is 16.0. The fourth-order valence-electron chi connectivity index (χ4n) is 7.22. The lowest BCUT2D eigenvalue weighted by atomic mass is 9.79. The van der Waals surface area contributed by atoms with Gasteiger partial charge < -0.3 is 14.7 Å². The Kier molecular flexibility index (Phi) is 8.49. The third-order valence-electron chi connectivity index (χ3n) is 10.3. The maximum Gasteiger partial charge on any atom is 0.317 e. The van der Waals surface area contributed by atoms with Crippen molar-refractivity contribution >= 4 is 6.03 Å². The third-order valence-corrected chi connectivity index (χ3v) is 10.3. The SMILES string of the molecule is CC(C)N1CCN([C@H]2CCCC(F)(F)[C@@H]2NC(=O)N2CCC(C)(c3noc([C@@H]4C[C@@H]4F)n3)CC2)CC(c2ccccc2)C1. The van der Waals surface area contributed by atoms with Gasteiger partial charge in [-0.15, -0.1) is 0 Å². The fourth-order valence-corrected chi connectivity index (χ4v) is 7.22. The number of alkyl halides is 3. The number of hydrogen-bond donors (Lipinski definition) is 1. The van der Waals surface area contributed by atoms with Crippen LogP contribution in [0.5, 0.6) is 0 Å². The van der Waals surface area contributed by atoms with Gasteiger partial charge in [0.05, 0.1) is 5.92 Å². The monoisotopic (exact) mass is 602 g/mol. The van der Waals surface area contributed by atoms with E-state index in [0.29, 0.717) is 76.0 Å². The third kappa shape index (κ3) is 6.43. The highest BCUT2D eigenvalue weighted by atomic mass is 19.3. The number of likely N-dealkylation sites (tertiary alicyclic amines) is 1. The van der Waals surface area contributed by atoms with Crippen molar-refractivity contribution in [2.75, 3.05) is 39.3 Å². The molecule has 3 heterocycles. The minimum atomic E-state index is -2.99. The van der Waals surface area contributed by atoms with Crippen LogP contribution in [0, 0.1) is 0 Å². The number of halogens is 3. The van der Waals surface area contributed by atoms with Crippen LogP contribution in [0.2, 0.25) is 0 Å². The maximum atomic E-state index is 15.6. The molecule has 6 rings (SSSR count). The van der Waals surface area contributed by atoms with Crippen molar-refractivity contribution in [1.29, 1.82) is 0 Å². The molecule has 1 N–H and O–H groups in total. The summed E-state index contributed by atoms with van der Waals surface area (Å²) in [4.78, 5) is 24.3. The molecule has 5 atom stereocenters. The fraction of sp³-hybridized carbons (Fsp3) is 0.719. The first kappa shape index (κ1) is 30.4. The Labute approximate surface area is 252 Å². The summed E-state index contributed by atoms with van der Waals surface area (Å²) in [6.07, 6.45) is 1.49. The zero-order valence-corrected chi connectivity index (χ0v) is 25.5. The molecule has 2 amide bonds. The molecule has 4 aliphatic rings. The van der Waals surface area contributed by atoms with E-state index in [2.05, 4.69) is 51.2 Å². The average molecular weight is 603 g/mol. The van der Waals surface area contributed by atoms with Crippen molar-refractivity contribution in [3.8, 4) is 0 Å². The molecule has 2 aliphatic heterocycles.